The molecule has 0 aliphatic carbocycles. The van der Waals surface area contributed by atoms with Gasteiger partial charge in [-0.3, -0.25) is 19.2 Å². The van der Waals surface area contributed by atoms with Crippen LogP contribution in [0.4, 0.5) is 5.69 Å². The number of aliphatic hydroxyl groups is 4. The average molecular weight is 732 g/mol. The summed E-state index contributed by atoms with van der Waals surface area (Å²) in [6.45, 7) is 3.56. The predicted octanol–water partition coefficient (Wildman–Crippen LogP) is -0.609. The third-order valence-corrected chi connectivity index (χ3v) is 6.99. The Morgan fingerprint density at radius 1 is 0.917 bits per heavy atom. The van der Waals surface area contributed by atoms with Crippen molar-refractivity contribution in [3.05, 3.63) is 36.5 Å². The van der Waals surface area contributed by atoms with E-state index in [1.165, 1.54) is 0 Å². The van der Waals surface area contributed by atoms with Crippen LogP contribution in [0, 0.1) is 14.1 Å². The maximum absolute atomic E-state index is 13.0. The predicted molar refractivity (Wildman–Crippen MR) is 149 cm³/mol. The van der Waals surface area contributed by atoms with E-state index in [-0.39, 0.29) is 48.8 Å². The molecule has 0 saturated heterocycles. The molecule has 12 nitrogen and oxygen atoms in total. The molecular weight excluding hydrogens is 702 g/mol. The minimum absolute atomic E-state index is 0.0475. The normalized spacial score (nSPS) is 12.3. The van der Waals surface area contributed by atoms with Crippen LogP contribution < -0.4 is 21.3 Å². The molecule has 2 atom stereocenters. The van der Waals surface area contributed by atoms with Gasteiger partial charge in [0.25, 0.3) is 11.8 Å². The molecule has 0 aromatic heterocycles. The Bertz CT molecular complexity index is 936. The zero-order valence-corrected chi connectivity index (χ0v) is 23.9. The highest BCUT2D eigenvalue weighted by Crippen LogP contribution is 2.35. The van der Waals surface area contributed by atoms with Crippen molar-refractivity contribution in [3.8, 4) is 0 Å². The number of aliphatic hydroxyl groups excluding tert-OH is 4. The van der Waals surface area contributed by atoms with Crippen LogP contribution in [0.5, 0.6) is 0 Å². The summed E-state index contributed by atoms with van der Waals surface area (Å²) in [5.74, 6) is -2.03. The lowest BCUT2D eigenvalue weighted by Gasteiger charge is -2.21. The molecule has 0 bridgehead atoms. The first-order valence-electron chi connectivity index (χ1n) is 10.8. The van der Waals surface area contributed by atoms with Crippen LogP contribution in [-0.2, 0) is 9.59 Å². The van der Waals surface area contributed by atoms with E-state index in [0.717, 1.165) is 6.08 Å². The first-order valence-corrected chi connectivity index (χ1v) is 13.0. The molecule has 0 radical (unpaired) electrons. The number of halogens is 2. The second-order valence-electron chi connectivity index (χ2n) is 7.62. The summed E-state index contributed by atoms with van der Waals surface area (Å²) in [6, 6.07) is 0. The number of rotatable bonds is 14. The summed E-state index contributed by atoms with van der Waals surface area (Å²) in [7, 11) is 0. The van der Waals surface area contributed by atoms with Crippen molar-refractivity contribution >= 4 is 74.5 Å². The fourth-order valence-electron chi connectivity index (χ4n) is 2.91. The lowest BCUT2D eigenvalue weighted by atomic mass is 9.99. The number of amides is 4. The van der Waals surface area contributed by atoms with Gasteiger partial charge in [-0.25, -0.2) is 0 Å². The van der Waals surface area contributed by atoms with Crippen molar-refractivity contribution in [2.75, 3.05) is 38.2 Å². The van der Waals surface area contributed by atoms with Crippen molar-refractivity contribution in [1.82, 2.24) is 16.0 Å². The van der Waals surface area contributed by atoms with E-state index in [9.17, 15) is 29.4 Å². The van der Waals surface area contributed by atoms with Crippen LogP contribution >= 0.6 is 45.2 Å². The van der Waals surface area contributed by atoms with Gasteiger partial charge in [0, 0.05) is 26.1 Å². The van der Waals surface area contributed by atoms with Crippen molar-refractivity contribution in [1.29, 1.82) is 0 Å². The maximum atomic E-state index is 13.0. The van der Waals surface area contributed by atoms with E-state index in [1.54, 1.807) is 6.92 Å². The number of carbonyl (C=O) groups excluding carboxylic acids is 4. The van der Waals surface area contributed by atoms with Gasteiger partial charge in [-0.2, -0.15) is 0 Å². The molecule has 1 aromatic rings. The molecule has 0 heterocycles. The summed E-state index contributed by atoms with van der Waals surface area (Å²) in [4.78, 5) is 49.8. The summed E-state index contributed by atoms with van der Waals surface area (Å²) in [5, 5.41) is 47.5. The second-order valence-corrected chi connectivity index (χ2v) is 9.78. The SMILES string of the molecule is C=CC(=O)NCCCC(=O)Nc1c(I)c(C(=O)NCC(O)CO)c(C)c(C(=O)NCC(O)CO)c1I. The molecular formula is C22H30I2N4O8. The van der Waals surface area contributed by atoms with Gasteiger partial charge in [0.2, 0.25) is 11.8 Å². The molecule has 0 aliphatic heterocycles. The zero-order valence-electron chi connectivity index (χ0n) is 19.6. The average Bonchev–Trinajstić information content (AvgIpc) is 2.85. The van der Waals surface area contributed by atoms with Crippen molar-refractivity contribution in [2.24, 2.45) is 0 Å². The zero-order chi connectivity index (χ0) is 27.4. The highest BCUT2D eigenvalue weighted by molar-refractivity contribution is 14.1. The van der Waals surface area contributed by atoms with Crippen LogP contribution in [0.15, 0.2) is 12.7 Å². The van der Waals surface area contributed by atoms with Gasteiger partial charge in [-0.1, -0.05) is 6.58 Å². The lowest BCUT2D eigenvalue weighted by Crippen LogP contribution is -2.37. The molecule has 14 heteroatoms. The molecule has 36 heavy (non-hydrogen) atoms. The second kappa shape index (κ2) is 16.1. The van der Waals surface area contributed by atoms with Crippen LogP contribution in [0.25, 0.3) is 0 Å². The molecule has 8 N–H and O–H groups in total. The molecule has 1 rings (SSSR count). The van der Waals surface area contributed by atoms with Crippen LogP contribution in [-0.4, -0.2) is 89.1 Å². The van der Waals surface area contributed by atoms with E-state index < -0.39 is 43.1 Å². The Morgan fingerprint density at radius 2 is 1.39 bits per heavy atom. The molecule has 2 unspecified atom stereocenters. The third-order valence-electron chi connectivity index (χ3n) is 4.83. The molecule has 0 fully saturated rings. The van der Waals surface area contributed by atoms with Gasteiger partial charge >= 0.3 is 0 Å². The Balaban J connectivity index is 3.32. The largest absolute Gasteiger partial charge is 0.394 e. The lowest BCUT2D eigenvalue weighted by molar-refractivity contribution is -0.118. The van der Waals surface area contributed by atoms with E-state index in [4.69, 9.17) is 10.2 Å². The Kier molecular flexibility index (Phi) is 14.4. The molecule has 200 valence electrons. The van der Waals surface area contributed by atoms with Gasteiger partial charge in [0.15, 0.2) is 0 Å². The Labute approximate surface area is 235 Å². The fraction of sp³-hybridized carbons (Fsp3) is 0.455. The number of hydrogen-bond acceptors (Lipinski definition) is 8. The molecule has 4 amide bonds. The van der Waals surface area contributed by atoms with Crippen molar-refractivity contribution in [3.63, 3.8) is 0 Å². The Morgan fingerprint density at radius 3 is 1.81 bits per heavy atom. The summed E-state index contributed by atoms with van der Waals surface area (Å²) in [5.41, 5.74) is 0.689. The fourth-order valence-corrected chi connectivity index (χ4v) is 5.54. The molecule has 0 spiro atoms. The maximum Gasteiger partial charge on any atom is 0.252 e. The van der Waals surface area contributed by atoms with Crippen LogP contribution in [0.3, 0.4) is 0 Å². The number of benzene rings is 1. The first-order chi connectivity index (χ1) is 17.0. The van der Waals surface area contributed by atoms with Gasteiger partial charge in [0.1, 0.15) is 0 Å². The van der Waals surface area contributed by atoms with Gasteiger partial charge in [0.05, 0.1) is 49.4 Å². The van der Waals surface area contributed by atoms with Crippen LogP contribution in [0.2, 0.25) is 0 Å². The molecule has 0 saturated carbocycles. The van der Waals surface area contributed by atoms with Crippen LogP contribution in [0.1, 0.15) is 39.1 Å². The van der Waals surface area contributed by atoms with Gasteiger partial charge in [-0.05, 0) is 70.2 Å². The van der Waals surface area contributed by atoms with Gasteiger partial charge in [-0.15, -0.1) is 0 Å². The summed E-state index contributed by atoms with van der Waals surface area (Å²) >= 11 is 3.76. The number of nitrogens with one attached hydrogen (secondary N) is 4. The minimum Gasteiger partial charge on any atom is -0.394 e. The van der Waals surface area contributed by atoms with Crippen molar-refractivity contribution in [2.45, 2.75) is 32.0 Å². The first kappa shape index (κ1) is 32.2. The third kappa shape index (κ3) is 9.55. The van der Waals surface area contributed by atoms with Crippen molar-refractivity contribution < 1.29 is 39.6 Å². The smallest absolute Gasteiger partial charge is 0.252 e. The molecule has 0 aliphatic rings. The minimum atomic E-state index is -1.18. The summed E-state index contributed by atoms with van der Waals surface area (Å²) < 4.78 is 0.705. The van der Waals surface area contributed by atoms with E-state index in [2.05, 4.69) is 27.8 Å². The highest BCUT2D eigenvalue weighted by Gasteiger charge is 2.28. The number of anilines is 1. The number of carbonyl (C=O) groups is 4. The number of hydrogen-bond donors (Lipinski definition) is 8. The topological polar surface area (TPSA) is 197 Å². The Hall–Kier alpha value is -1.86. The van der Waals surface area contributed by atoms with Gasteiger partial charge < -0.3 is 41.7 Å². The summed E-state index contributed by atoms with van der Waals surface area (Å²) in [6.07, 6.45) is -0.858. The van der Waals surface area contributed by atoms with E-state index >= 15 is 0 Å². The monoisotopic (exact) mass is 732 g/mol. The molecule has 1 aromatic carbocycles. The highest BCUT2D eigenvalue weighted by atomic mass is 127. The van der Waals surface area contributed by atoms with E-state index in [1.807, 2.05) is 45.2 Å². The standard InChI is InChI=1S/C22H30I2N4O8/c1-3-14(33)25-6-4-5-15(34)28-20-18(23)16(21(35)26-7-12(31)9-29)11(2)17(19(20)24)22(36)27-8-13(32)10-30/h3,12-13,29-32H,1,4-10H2,2H3,(H,25,33)(H,26,35)(H,27,36)(H,28,34). The van der Waals surface area contributed by atoms with E-state index in [0.29, 0.717) is 19.1 Å². The quantitative estimate of drug-likeness (QED) is 0.0705.